The highest BCUT2D eigenvalue weighted by molar-refractivity contribution is 5.94. The lowest BCUT2D eigenvalue weighted by atomic mass is 10.1. The van der Waals surface area contributed by atoms with Crippen LogP contribution in [-0.4, -0.2) is 37.2 Å². The fourth-order valence-corrected chi connectivity index (χ4v) is 2.39. The summed E-state index contributed by atoms with van der Waals surface area (Å²) in [6, 6.07) is 13.3. The van der Waals surface area contributed by atoms with Crippen molar-refractivity contribution in [2.45, 2.75) is 12.5 Å². The Hall–Kier alpha value is -3.28. The third-order valence-electron chi connectivity index (χ3n) is 3.75. The summed E-state index contributed by atoms with van der Waals surface area (Å²) < 4.78 is 10.4. The van der Waals surface area contributed by atoms with E-state index in [2.05, 4.69) is 5.32 Å². The van der Waals surface area contributed by atoms with Gasteiger partial charge >= 0.3 is 5.97 Å². The number of hydrogen-bond acceptors (Lipinski definition) is 4. The standard InChI is InChI=1S/C20H21NO5/c1-25-16-10-8-15(18(13-16)26-2)9-11-19(22)21-17(20(23)24)12-14-6-4-3-5-7-14/h3-11,13,17H,12H2,1-2H3,(H,21,22)(H,23,24)/b11-9+/t17-/m1/s1. The van der Waals surface area contributed by atoms with Crippen LogP contribution in [0.25, 0.3) is 6.08 Å². The Kier molecular flexibility index (Phi) is 6.79. The van der Waals surface area contributed by atoms with Gasteiger partial charge in [0, 0.05) is 24.1 Å². The first kappa shape index (κ1) is 19.1. The maximum Gasteiger partial charge on any atom is 0.326 e. The quantitative estimate of drug-likeness (QED) is 0.711. The first-order valence-electron chi connectivity index (χ1n) is 8.01. The number of amides is 1. The monoisotopic (exact) mass is 355 g/mol. The van der Waals surface area contributed by atoms with Crippen molar-refractivity contribution in [2.75, 3.05) is 14.2 Å². The van der Waals surface area contributed by atoms with E-state index in [4.69, 9.17) is 9.47 Å². The smallest absolute Gasteiger partial charge is 0.326 e. The minimum Gasteiger partial charge on any atom is -0.497 e. The van der Waals surface area contributed by atoms with Gasteiger partial charge in [-0.1, -0.05) is 30.3 Å². The number of ether oxygens (including phenoxy) is 2. The van der Waals surface area contributed by atoms with Gasteiger partial charge in [0.1, 0.15) is 17.5 Å². The van der Waals surface area contributed by atoms with Crippen LogP contribution in [0.15, 0.2) is 54.6 Å². The van der Waals surface area contributed by atoms with Gasteiger partial charge in [-0.05, 0) is 23.8 Å². The van der Waals surface area contributed by atoms with E-state index in [1.54, 1.807) is 31.4 Å². The number of rotatable bonds is 8. The minimum absolute atomic E-state index is 0.210. The number of carbonyl (C=O) groups is 2. The molecular formula is C20H21NO5. The second-order valence-corrected chi connectivity index (χ2v) is 5.53. The van der Waals surface area contributed by atoms with Crippen LogP contribution < -0.4 is 14.8 Å². The Morgan fingerprint density at radius 1 is 1.12 bits per heavy atom. The summed E-state index contributed by atoms with van der Waals surface area (Å²) in [6.45, 7) is 0. The van der Waals surface area contributed by atoms with Crippen LogP contribution >= 0.6 is 0 Å². The molecule has 0 spiro atoms. The molecule has 0 aliphatic carbocycles. The number of methoxy groups -OCH3 is 2. The molecule has 0 aromatic heterocycles. The van der Waals surface area contributed by atoms with Gasteiger partial charge in [0.25, 0.3) is 0 Å². The normalized spacial score (nSPS) is 11.8. The first-order valence-corrected chi connectivity index (χ1v) is 8.01. The lowest BCUT2D eigenvalue weighted by molar-refractivity contribution is -0.141. The Labute approximate surface area is 152 Å². The van der Waals surface area contributed by atoms with Crippen molar-refractivity contribution in [1.82, 2.24) is 5.32 Å². The Morgan fingerprint density at radius 2 is 1.85 bits per heavy atom. The van der Waals surface area contributed by atoms with E-state index < -0.39 is 17.9 Å². The Bertz CT molecular complexity index is 786. The third kappa shape index (κ3) is 5.37. The van der Waals surface area contributed by atoms with Crippen LogP contribution in [0.2, 0.25) is 0 Å². The number of nitrogens with one attached hydrogen (secondary N) is 1. The van der Waals surface area contributed by atoms with E-state index in [-0.39, 0.29) is 6.42 Å². The molecule has 2 aromatic rings. The number of carbonyl (C=O) groups excluding carboxylic acids is 1. The molecule has 136 valence electrons. The number of hydrogen-bond donors (Lipinski definition) is 2. The molecule has 0 fully saturated rings. The predicted octanol–water partition coefficient (Wildman–Crippen LogP) is 2.53. The van der Waals surface area contributed by atoms with Crippen molar-refractivity contribution in [3.05, 3.63) is 65.7 Å². The van der Waals surface area contributed by atoms with Crippen molar-refractivity contribution >= 4 is 18.0 Å². The van der Waals surface area contributed by atoms with E-state index in [1.165, 1.54) is 13.2 Å². The molecule has 0 radical (unpaired) electrons. The van der Waals surface area contributed by atoms with E-state index in [0.29, 0.717) is 17.1 Å². The number of carboxylic acids is 1. The van der Waals surface area contributed by atoms with E-state index >= 15 is 0 Å². The molecular weight excluding hydrogens is 334 g/mol. The van der Waals surface area contributed by atoms with Gasteiger partial charge in [0.2, 0.25) is 5.91 Å². The maximum atomic E-state index is 12.1. The van der Waals surface area contributed by atoms with Gasteiger partial charge < -0.3 is 19.9 Å². The molecule has 0 saturated carbocycles. The lowest BCUT2D eigenvalue weighted by Crippen LogP contribution is -2.41. The van der Waals surface area contributed by atoms with Gasteiger partial charge in [-0.25, -0.2) is 4.79 Å². The molecule has 0 saturated heterocycles. The summed E-state index contributed by atoms with van der Waals surface area (Å²) in [5.41, 5.74) is 1.51. The molecule has 2 rings (SSSR count). The number of benzene rings is 2. The molecule has 0 heterocycles. The zero-order chi connectivity index (χ0) is 18.9. The van der Waals surface area contributed by atoms with E-state index in [9.17, 15) is 14.7 Å². The molecule has 6 heteroatoms. The summed E-state index contributed by atoms with van der Waals surface area (Å²) in [5, 5.41) is 11.8. The van der Waals surface area contributed by atoms with Gasteiger partial charge in [0.15, 0.2) is 0 Å². The molecule has 0 aliphatic rings. The largest absolute Gasteiger partial charge is 0.497 e. The average molecular weight is 355 g/mol. The summed E-state index contributed by atoms with van der Waals surface area (Å²) in [4.78, 5) is 23.5. The molecule has 2 aromatic carbocycles. The fraction of sp³-hybridized carbons (Fsp3) is 0.200. The molecule has 0 bridgehead atoms. The number of aliphatic carboxylic acids is 1. The van der Waals surface area contributed by atoms with Crippen molar-refractivity contribution < 1.29 is 24.2 Å². The van der Waals surface area contributed by atoms with Gasteiger partial charge in [-0.2, -0.15) is 0 Å². The average Bonchev–Trinajstić information content (AvgIpc) is 2.66. The fourth-order valence-electron chi connectivity index (χ4n) is 2.39. The zero-order valence-electron chi connectivity index (χ0n) is 14.6. The zero-order valence-corrected chi connectivity index (χ0v) is 14.6. The van der Waals surface area contributed by atoms with Gasteiger partial charge in [0.05, 0.1) is 14.2 Å². The predicted molar refractivity (Wildman–Crippen MR) is 98.3 cm³/mol. The highest BCUT2D eigenvalue weighted by atomic mass is 16.5. The SMILES string of the molecule is COc1ccc(/C=C/C(=O)N[C@H](Cc2ccccc2)C(=O)O)c(OC)c1. The van der Waals surface area contributed by atoms with E-state index in [1.807, 2.05) is 30.3 Å². The third-order valence-corrected chi connectivity index (χ3v) is 3.75. The van der Waals surface area contributed by atoms with Crippen LogP contribution in [0.1, 0.15) is 11.1 Å². The van der Waals surface area contributed by atoms with Crippen molar-refractivity contribution in [1.29, 1.82) is 0 Å². The minimum atomic E-state index is -1.09. The van der Waals surface area contributed by atoms with Crippen LogP contribution in [0.4, 0.5) is 0 Å². The molecule has 1 amide bonds. The van der Waals surface area contributed by atoms with Crippen molar-refractivity contribution in [3.63, 3.8) is 0 Å². The van der Waals surface area contributed by atoms with Crippen LogP contribution in [-0.2, 0) is 16.0 Å². The van der Waals surface area contributed by atoms with Crippen LogP contribution in [0.3, 0.4) is 0 Å². The molecule has 0 aliphatic heterocycles. The van der Waals surface area contributed by atoms with Crippen molar-refractivity contribution in [2.24, 2.45) is 0 Å². The maximum absolute atomic E-state index is 12.1. The van der Waals surface area contributed by atoms with Crippen LogP contribution in [0.5, 0.6) is 11.5 Å². The second-order valence-electron chi connectivity index (χ2n) is 5.53. The topological polar surface area (TPSA) is 84.9 Å². The van der Waals surface area contributed by atoms with Crippen molar-refractivity contribution in [3.8, 4) is 11.5 Å². The highest BCUT2D eigenvalue weighted by Crippen LogP contribution is 2.25. The van der Waals surface area contributed by atoms with Gasteiger partial charge in [-0.15, -0.1) is 0 Å². The summed E-state index contributed by atoms with van der Waals surface area (Å²) in [5.74, 6) is -0.395. The number of carboxylic acid groups (broad SMARTS) is 1. The van der Waals surface area contributed by atoms with Gasteiger partial charge in [-0.3, -0.25) is 4.79 Å². The first-order chi connectivity index (χ1) is 12.5. The summed E-state index contributed by atoms with van der Waals surface area (Å²) >= 11 is 0. The summed E-state index contributed by atoms with van der Waals surface area (Å²) in [7, 11) is 3.07. The summed E-state index contributed by atoms with van der Waals surface area (Å²) in [6.07, 6.45) is 3.06. The highest BCUT2D eigenvalue weighted by Gasteiger charge is 2.19. The Balaban J connectivity index is 2.06. The molecule has 1 atom stereocenters. The molecule has 0 unspecified atom stereocenters. The Morgan fingerprint density at radius 3 is 2.46 bits per heavy atom. The van der Waals surface area contributed by atoms with Crippen LogP contribution in [0, 0.1) is 0 Å². The molecule has 2 N–H and O–H groups in total. The van der Waals surface area contributed by atoms with E-state index in [0.717, 1.165) is 5.56 Å². The molecule has 26 heavy (non-hydrogen) atoms. The molecule has 6 nitrogen and oxygen atoms in total. The lowest BCUT2D eigenvalue weighted by Gasteiger charge is -2.13. The second kappa shape index (κ2) is 9.27.